The summed E-state index contributed by atoms with van der Waals surface area (Å²) >= 11 is 0. The number of amides is 1. The second-order valence-electron chi connectivity index (χ2n) is 1.92. The molecule has 0 aliphatic heterocycles. The highest BCUT2D eigenvalue weighted by Crippen LogP contribution is 2.06. The third-order valence-electron chi connectivity index (χ3n) is 1.15. The lowest BCUT2D eigenvalue weighted by Crippen LogP contribution is -2.17. The molecule has 0 saturated carbocycles. The average molecular weight is 151 g/mol. The summed E-state index contributed by atoms with van der Waals surface area (Å²) in [4.78, 5) is 9.80. The van der Waals surface area contributed by atoms with Crippen LogP contribution >= 0.6 is 0 Å². The van der Waals surface area contributed by atoms with Gasteiger partial charge in [0.15, 0.2) is 6.73 Å². The van der Waals surface area contributed by atoms with E-state index >= 15 is 0 Å². The zero-order chi connectivity index (χ0) is 7.94. The number of rotatable bonds is 4. The predicted octanol–water partition coefficient (Wildman–Crippen LogP) is 0.769. The minimum Gasteiger partial charge on any atom is -0.473 e. The molecule has 0 aliphatic carbocycles. The van der Waals surface area contributed by atoms with Crippen molar-refractivity contribution in [2.75, 3.05) is 6.73 Å². The fourth-order valence-electron chi connectivity index (χ4n) is 0.676. The molecular formula is C8H9NO2. The van der Waals surface area contributed by atoms with E-state index in [4.69, 9.17) is 4.74 Å². The van der Waals surface area contributed by atoms with Gasteiger partial charge in [-0.25, -0.2) is 0 Å². The first-order chi connectivity index (χ1) is 5.43. The normalized spacial score (nSPS) is 8.73. The molecule has 0 fully saturated rings. The maximum absolute atomic E-state index is 9.80. The molecule has 1 amide bonds. The van der Waals surface area contributed by atoms with Crippen molar-refractivity contribution < 1.29 is 9.53 Å². The van der Waals surface area contributed by atoms with E-state index in [2.05, 4.69) is 5.32 Å². The molecule has 0 heterocycles. The van der Waals surface area contributed by atoms with Crippen molar-refractivity contribution in [1.29, 1.82) is 0 Å². The molecule has 58 valence electrons. The summed E-state index contributed by atoms with van der Waals surface area (Å²) in [6.07, 6.45) is 0.600. The van der Waals surface area contributed by atoms with E-state index in [1.807, 2.05) is 30.3 Å². The first-order valence-corrected chi connectivity index (χ1v) is 3.28. The van der Waals surface area contributed by atoms with Crippen LogP contribution in [0.25, 0.3) is 0 Å². The van der Waals surface area contributed by atoms with E-state index in [1.54, 1.807) is 0 Å². The van der Waals surface area contributed by atoms with Crippen molar-refractivity contribution in [1.82, 2.24) is 5.32 Å². The highest BCUT2D eigenvalue weighted by molar-refractivity contribution is 5.45. The Morgan fingerprint density at radius 3 is 2.73 bits per heavy atom. The third kappa shape index (κ3) is 2.71. The number of carbonyl (C=O) groups excluding carboxylic acids is 1. The first-order valence-electron chi connectivity index (χ1n) is 3.28. The molecule has 1 aromatic carbocycles. The van der Waals surface area contributed by atoms with Crippen LogP contribution < -0.4 is 10.1 Å². The molecule has 0 aliphatic rings. The van der Waals surface area contributed by atoms with Crippen LogP contribution in [0.5, 0.6) is 5.75 Å². The summed E-state index contributed by atoms with van der Waals surface area (Å²) in [5, 5.41) is 2.39. The van der Waals surface area contributed by atoms with Gasteiger partial charge in [-0.15, -0.1) is 0 Å². The molecule has 0 atom stereocenters. The first kappa shape index (κ1) is 7.60. The lowest BCUT2D eigenvalue weighted by Gasteiger charge is -2.02. The fourth-order valence-corrected chi connectivity index (χ4v) is 0.676. The van der Waals surface area contributed by atoms with Crippen molar-refractivity contribution in [3.05, 3.63) is 30.3 Å². The molecular weight excluding hydrogens is 142 g/mol. The Morgan fingerprint density at radius 2 is 2.09 bits per heavy atom. The van der Waals surface area contributed by atoms with E-state index in [-0.39, 0.29) is 6.73 Å². The smallest absolute Gasteiger partial charge is 0.209 e. The summed E-state index contributed by atoms with van der Waals surface area (Å²) < 4.78 is 5.10. The SMILES string of the molecule is O=CNCOc1ccccc1. The van der Waals surface area contributed by atoms with Gasteiger partial charge in [0.2, 0.25) is 6.41 Å². The minimum atomic E-state index is 0.216. The van der Waals surface area contributed by atoms with Gasteiger partial charge in [0.1, 0.15) is 5.75 Å². The van der Waals surface area contributed by atoms with E-state index < -0.39 is 0 Å². The van der Waals surface area contributed by atoms with E-state index in [9.17, 15) is 4.79 Å². The summed E-state index contributed by atoms with van der Waals surface area (Å²) in [5.41, 5.74) is 0. The molecule has 0 bridgehead atoms. The van der Waals surface area contributed by atoms with Crippen LogP contribution in [0.15, 0.2) is 30.3 Å². The molecule has 0 spiro atoms. The molecule has 1 rings (SSSR count). The van der Waals surface area contributed by atoms with Crippen molar-refractivity contribution in [2.45, 2.75) is 0 Å². The van der Waals surface area contributed by atoms with Crippen LogP contribution in [-0.4, -0.2) is 13.1 Å². The van der Waals surface area contributed by atoms with Gasteiger partial charge in [-0.05, 0) is 12.1 Å². The summed E-state index contributed by atoms with van der Waals surface area (Å²) in [5.74, 6) is 0.752. The van der Waals surface area contributed by atoms with Crippen molar-refractivity contribution in [2.24, 2.45) is 0 Å². The number of ether oxygens (including phenoxy) is 1. The van der Waals surface area contributed by atoms with Crippen LogP contribution in [0, 0.1) is 0 Å². The van der Waals surface area contributed by atoms with E-state index in [0.717, 1.165) is 5.75 Å². The topological polar surface area (TPSA) is 38.3 Å². The zero-order valence-electron chi connectivity index (χ0n) is 5.99. The molecule has 0 saturated heterocycles. The van der Waals surface area contributed by atoms with Gasteiger partial charge in [-0.1, -0.05) is 18.2 Å². The minimum absolute atomic E-state index is 0.216. The Bertz CT molecular complexity index is 211. The molecule has 1 aromatic rings. The highest BCUT2D eigenvalue weighted by Gasteiger charge is 1.87. The zero-order valence-corrected chi connectivity index (χ0v) is 5.99. The van der Waals surface area contributed by atoms with Gasteiger partial charge in [0, 0.05) is 0 Å². The van der Waals surface area contributed by atoms with Crippen LogP contribution in [0.2, 0.25) is 0 Å². The average Bonchev–Trinajstić information content (AvgIpc) is 2.07. The quantitative estimate of drug-likeness (QED) is 0.392. The second kappa shape index (κ2) is 4.33. The molecule has 11 heavy (non-hydrogen) atoms. The van der Waals surface area contributed by atoms with Gasteiger partial charge in [-0.3, -0.25) is 4.79 Å². The lowest BCUT2D eigenvalue weighted by atomic mass is 10.3. The van der Waals surface area contributed by atoms with Gasteiger partial charge < -0.3 is 10.1 Å². The number of carbonyl (C=O) groups is 1. The fraction of sp³-hybridized carbons (Fsp3) is 0.125. The van der Waals surface area contributed by atoms with E-state index in [0.29, 0.717) is 6.41 Å². The predicted molar refractivity (Wildman–Crippen MR) is 41.1 cm³/mol. The summed E-state index contributed by atoms with van der Waals surface area (Å²) in [6, 6.07) is 9.30. The number of benzene rings is 1. The number of hydrogen-bond donors (Lipinski definition) is 1. The van der Waals surface area contributed by atoms with Crippen molar-refractivity contribution in [3.63, 3.8) is 0 Å². The number of para-hydroxylation sites is 1. The van der Waals surface area contributed by atoms with Gasteiger partial charge in [-0.2, -0.15) is 0 Å². The van der Waals surface area contributed by atoms with Crippen molar-refractivity contribution >= 4 is 6.41 Å². The summed E-state index contributed by atoms with van der Waals surface area (Å²) in [7, 11) is 0. The van der Waals surface area contributed by atoms with Crippen LogP contribution in [0.4, 0.5) is 0 Å². The van der Waals surface area contributed by atoms with Gasteiger partial charge in [0.05, 0.1) is 0 Å². The van der Waals surface area contributed by atoms with Crippen LogP contribution in [0.3, 0.4) is 0 Å². The monoisotopic (exact) mass is 151 g/mol. The Kier molecular flexibility index (Phi) is 2.99. The largest absolute Gasteiger partial charge is 0.473 e. The number of hydrogen-bond acceptors (Lipinski definition) is 2. The third-order valence-corrected chi connectivity index (χ3v) is 1.15. The molecule has 0 unspecified atom stereocenters. The molecule has 1 N–H and O–H groups in total. The van der Waals surface area contributed by atoms with Crippen LogP contribution in [-0.2, 0) is 4.79 Å². The molecule has 0 aromatic heterocycles. The van der Waals surface area contributed by atoms with Crippen LogP contribution in [0.1, 0.15) is 0 Å². The Labute approximate surface area is 65.0 Å². The summed E-state index contributed by atoms with van der Waals surface area (Å²) in [6.45, 7) is 0.216. The highest BCUT2D eigenvalue weighted by atomic mass is 16.5. The Morgan fingerprint density at radius 1 is 1.36 bits per heavy atom. The Hall–Kier alpha value is -1.51. The maximum Gasteiger partial charge on any atom is 0.209 e. The second-order valence-corrected chi connectivity index (χ2v) is 1.92. The van der Waals surface area contributed by atoms with Gasteiger partial charge >= 0.3 is 0 Å². The van der Waals surface area contributed by atoms with Crippen molar-refractivity contribution in [3.8, 4) is 5.75 Å². The molecule has 0 radical (unpaired) electrons. The lowest BCUT2D eigenvalue weighted by molar-refractivity contribution is -0.110. The molecule has 3 nitrogen and oxygen atoms in total. The maximum atomic E-state index is 9.80. The van der Waals surface area contributed by atoms with Gasteiger partial charge in [0.25, 0.3) is 0 Å². The standard InChI is InChI=1S/C8H9NO2/c10-6-9-7-11-8-4-2-1-3-5-8/h1-6H,7H2,(H,9,10). The Balaban J connectivity index is 2.33. The molecule has 3 heteroatoms. The van der Waals surface area contributed by atoms with E-state index in [1.165, 1.54) is 0 Å². The number of nitrogens with one attached hydrogen (secondary N) is 1.